The lowest BCUT2D eigenvalue weighted by Gasteiger charge is -2.26. The van der Waals surface area contributed by atoms with Crippen LogP contribution in [0.4, 0.5) is 4.79 Å². The van der Waals surface area contributed by atoms with Crippen LogP contribution in [0.5, 0.6) is 0 Å². The zero-order valence-corrected chi connectivity index (χ0v) is 13.1. The third-order valence-corrected chi connectivity index (χ3v) is 2.28. The number of hydrogen-bond acceptors (Lipinski definition) is 5. The zero-order chi connectivity index (χ0) is 15.6. The number of hydrogen-bond donors (Lipinski definition) is 1. The summed E-state index contributed by atoms with van der Waals surface area (Å²) in [6.07, 6.45) is -0.231. The Kier molecular flexibility index (Phi) is 5.02. The van der Waals surface area contributed by atoms with E-state index in [0.29, 0.717) is 13.0 Å². The Morgan fingerprint density at radius 3 is 2.05 bits per heavy atom. The van der Waals surface area contributed by atoms with Gasteiger partial charge in [-0.15, -0.1) is 0 Å². The van der Waals surface area contributed by atoms with Gasteiger partial charge in [-0.1, -0.05) is 0 Å². The second kappa shape index (κ2) is 5.99. The van der Waals surface area contributed by atoms with Gasteiger partial charge in [0, 0.05) is 6.42 Å². The van der Waals surface area contributed by atoms with E-state index in [1.165, 1.54) is 0 Å². The fraction of sp³-hybridized carbons (Fsp3) is 0.857. The minimum Gasteiger partial charge on any atom is -0.458 e. The second-order valence-electron chi connectivity index (χ2n) is 6.92. The molecule has 1 rings (SSSR count). The molecule has 0 spiro atoms. The Morgan fingerprint density at radius 2 is 1.65 bits per heavy atom. The van der Waals surface area contributed by atoms with Gasteiger partial charge in [0.25, 0.3) is 0 Å². The molecule has 6 heteroatoms. The number of carbonyl (C=O) groups is 2. The Bertz CT molecular complexity index is 363. The SMILES string of the molecule is CC(C)(C)OC(=O)NC(CC1CO1)C(=O)OC(C)(C)C. The molecule has 2 unspecified atom stereocenters. The number of amides is 1. The molecule has 0 saturated carbocycles. The van der Waals surface area contributed by atoms with Crippen molar-refractivity contribution >= 4 is 12.1 Å². The van der Waals surface area contributed by atoms with Gasteiger partial charge >= 0.3 is 12.1 Å². The number of carbonyl (C=O) groups excluding carboxylic acids is 2. The summed E-state index contributed by atoms with van der Waals surface area (Å²) >= 11 is 0. The summed E-state index contributed by atoms with van der Waals surface area (Å²) in [6.45, 7) is 11.2. The first-order valence-corrected chi connectivity index (χ1v) is 6.80. The molecule has 0 aromatic heterocycles. The summed E-state index contributed by atoms with van der Waals surface area (Å²) in [7, 11) is 0. The van der Waals surface area contributed by atoms with E-state index in [1.807, 2.05) is 0 Å². The van der Waals surface area contributed by atoms with Crippen LogP contribution in [-0.2, 0) is 19.0 Å². The first-order valence-electron chi connectivity index (χ1n) is 6.80. The maximum absolute atomic E-state index is 12.1. The third-order valence-electron chi connectivity index (χ3n) is 2.28. The van der Waals surface area contributed by atoms with Crippen LogP contribution in [0.15, 0.2) is 0 Å². The zero-order valence-electron chi connectivity index (χ0n) is 13.1. The van der Waals surface area contributed by atoms with E-state index in [2.05, 4.69) is 5.32 Å². The quantitative estimate of drug-likeness (QED) is 0.632. The van der Waals surface area contributed by atoms with Crippen molar-refractivity contribution in [2.75, 3.05) is 6.61 Å². The predicted octanol–water partition coefficient (Wildman–Crippen LogP) is 2.01. The van der Waals surface area contributed by atoms with E-state index < -0.39 is 29.3 Å². The van der Waals surface area contributed by atoms with E-state index in [-0.39, 0.29) is 6.10 Å². The monoisotopic (exact) mass is 287 g/mol. The molecule has 1 N–H and O–H groups in total. The molecule has 0 bridgehead atoms. The van der Waals surface area contributed by atoms with Crippen molar-refractivity contribution in [2.45, 2.75) is 71.3 Å². The van der Waals surface area contributed by atoms with Crippen LogP contribution in [0.25, 0.3) is 0 Å². The average Bonchev–Trinajstić information content (AvgIpc) is 2.94. The maximum atomic E-state index is 12.1. The molecule has 1 amide bonds. The van der Waals surface area contributed by atoms with E-state index in [1.54, 1.807) is 41.5 Å². The molecule has 0 radical (unpaired) electrons. The highest BCUT2D eigenvalue weighted by Gasteiger charge is 2.34. The van der Waals surface area contributed by atoms with Crippen molar-refractivity contribution in [3.63, 3.8) is 0 Å². The number of ether oxygens (including phenoxy) is 3. The Hall–Kier alpha value is -1.30. The van der Waals surface area contributed by atoms with Crippen molar-refractivity contribution in [2.24, 2.45) is 0 Å². The number of epoxide rings is 1. The summed E-state index contributed by atoms with van der Waals surface area (Å²) < 4.78 is 15.5. The standard InChI is InChI=1S/C14H25NO5/c1-13(2,3)19-11(16)10(7-9-8-18-9)15-12(17)20-14(4,5)6/h9-10H,7-8H2,1-6H3,(H,15,17). The molecule has 2 atom stereocenters. The van der Waals surface area contributed by atoms with Crippen LogP contribution in [0, 0.1) is 0 Å². The fourth-order valence-corrected chi connectivity index (χ4v) is 1.50. The van der Waals surface area contributed by atoms with Crippen LogP contribution in [0.2, 0.25) is 0 Å². The van der Waals surface area contributed by atoms with Gasteiger partial charge in [0.2, 0.25) is 0 Å². The lowest BCUT2D eigenvalue weighted by molar-refractivity contribution is -0.157. The van der Waals surface area contributed by atoms with Gasteiger partial charge < -0.3 is 19.5 Å². The van der Waals surface area contributed by atoms with Gasteiger partial charge in [-0.25, -0.2) is 9.59 Å². The summed E-state index contributed by atoms with van der Waals surface area (Å²) in [4.78, 5) is 23.8. The summed E-state index contributed by atoms with van der Waals surface area (Å²) in [6, 6.07) is -0.753. The van der Waals surface area contributed by atoms with Gasteiger partial charge in [-0.3, -0.25) is 0 Å². The molecule has 6 nitrogen and oxygen atoms in total. The second-order valence-corrected chi connectivity index (χ2v) is 6.92. The van der Waals surface area contributed by atoms with Crippen molar-refractivity contribution < 1.29 is 23.8 Å². The van der Waals surface area contributed by atoms with Gasteiger partial charge in [-0.2, -0.15) is 0 Å². The smallest absolute Gasteiger partial charge is 0.408 e. The first kappa shape index (κ1) is 16.8. The maximum Gasteiger partial charge on any atom is 0.408 e. The molecular formula is C14H25NO5. The van der Waals surface area contributed by atoms with Crippen molar-refractivity contribution in [1.29, 1.82) is 0 Å². The molecular weight excluding hydrogens is 262 g/mol. The molecule has 0 aromatic rings. The highest BCUT2D eigenvalue weighted by molar-refractivity contribution is 5.81. The van der Waals surface area contributed by atoms with E-state index in [4.69, 9.17) is 14.2 Å². The Morgan fingerprint density at radius 1 is 1.15 bits per heavy atom. The Labute approximate surface area is 120 Å². The molecule has 1 heterocycles. The number of rotatable bonds is 4. The topological polar surface area (TPSA) is 77.2 Å². The van der Waals surface area contributed by atoms with Gasteiger partial charge in [0.1, 0.15) is 17.2 Å². The van der Waals surface area contributed by atoms with Crippen LogP contribution in [-0.4, -0.2) is 42.0 Å². The summed E-state index contributed by atoms with van der Waals surface area (Å²) in [5.41, 5.74) is -1.21. The average molecular weight is 287 g/mol. The van der Waals surface area contributed by atoms with Crippen LogP contribution >= 0.6 is 0 Å². The Balaban J connectivity index is 2.59. The molecule has 1 aliphatic heterocycles. The number of esters is 1. The predicted molar refractivity (Wildman–Crippen MR) is 73.4 cm³/mol. The highest BCUT2D eigenvalue weighted by Crippen LogP contribution is 2.19. The number of alkyl carbamates (subject to hydrolysis) is 1. The normalized spacial score (nSPS) is 20.0. The van der Waals surface area contributed by atoms with Gasteiger partial charge in [0.05, 0.1) is 12.7 Å². The third kappa shape index (κ3) is 7.33. The molecule has 116 valence electrons. The minimum absolute atomic E-state index is 0.00227. The minimum atomic E-state index is -0.753. The van der Waals surface area contributed by atoms with Crippen LogP contribution < -0.4 is 5.32 Å². The van der Waals surface area contributed by atoms with E-state index in [9.17, 15) is 9.59 Å². The molecule has 1 aliphatic rings. The molecule has 20 heavy (non-hydrogen) atoms. The molecule has 0 aliphatic carbocycles. The molecule has 1 saturated heterocycles. The van der Waals surface area contributed by atoms with Crippen molar-refractivity contribution in [3.05, 3.63) is 0 Å². The molecule has 0 aromatic carbocycles. The first-order chi connectivity index (χ1) is 8.96. The van der Waals surface area contributed by atoms with Crippen molar-refractivity contribution in [1.82, 2.24) is 5.32 Å². The fourth-order valence-electron chi connectivity index (χ4n) is 1.50. The summed E-state index contributed by atoms with van der Waals surface area (Å²) in [5, 5.41) is 2.55. The van der Waals surface area contributed by atoms with Crippen LogP contribution in [0.3, 0.4) is 0 Å². The van der Waals surface area contributed by atoms with Crippen molar-refractivity contribution in [3.8, 4) is 0 Å². The largest absolute Gasteiger partial charge is 0.458 e. The van der Waals surface area contributed by atoms with Gasteiger partial charge in [0.15, 0.2) is 0 Å². The van der Waals surface area contributed by atoms with Gasteiger partial charge in [-0.05, 0) is 41.5 Å². The summed E-state index contributed by atoms with van der Waals surface area (Å²) in [5.74, 6) is -0.473. The molecule has 1 fully saturated rings. The highest BCUT2D eigenvalue weighted by atomic mass is 16.6. The lowest BCUT2D eigenvalue weighted by Crippen LogP contribution is -2.46. The lowest BCUT2D eigenvalue weighted by atomic mass is 10.1. The number of nitrogens with one attached hydrogen (secondary N) is 1. The van der Waals surface area contributed by atoms with E-state index in [0.717, 1.165) is 0 Å². The van der Waals surface area contributed by atoms with Crippen LogP contribution in [0.1, 0.15) is 48.0 Å². The van der Waals surface area contributed by atoms with E-state index >= 15 is 0 Å².